The van der Waals surface area contributed by atoms with Crippen LogP contribution in [-0.4, -0.2) is 11.6 Å². The molecule has 38 heavy (non-hydrogen) atoms. The molecule has 0 heterocycles. The minimum atomic E-state index is 0.300. The normalized spacial score (nSPS) is 26.8. The minimum Gasteiger partial charge on any atom is -0.299 e. The van der Waals surface area contributed by atoms with Gasteiger partial charge >= 0.3 is 0 Å². The summed E-state index contributed by atoms with van der Waals surface area (Å²) in [6, 6.07) is 0. The van der Waals surface area contributed by atoms with Gasteiger partial charge in [-0.05, 0) is 86.9 Å². The van der Waals surface area contributed by atoms with E-state index in [0.717, 1.165) is 19.3 Å². The van der Waals surface area contributed by atoms with Gasteiger partial charge in [0.05, 0.1) is 0 Å². The Labute approximate surface area is 238 Å². The van der Waals surface area contributed by atoms with Gasteiger partial charge in [-0.1, -0.05) is 93.2 Å². The highest BCUT2D eigenvalue weighted by atomic mass is 16.1. The maximum atomic E-state index is 12.3. The summed E-state index contributed by atoms with van der Waals surface area (Å²) in [5.74, 6) is 2.79. The van der Waals surface area contributed by atoms with Crippen molar-refractivity contribution in [3.8, 4) is 0 Å². The average Bonchev–Trinajstić information content (AvgIpc) is 3.33. The number of hydrogen-bond acceptors (Lipinski definition) is 2. The summed E-state index contributed by atoms with van der Waals surface area (Å²) in [5.41, 5.74) is 0.919. The van der Waals surface area contributed by atoms with E-state index >= 15 is 0 Å². The van der Waals surface area contributed by atoms with E-state index in [1.165, 1.54) is 70.6 Å². The Morgan fingerprint density at radius 3 is 1.53 bits per heavy atom. The van der Waals surface area contributed by atoms with Crippen LogP contribution in [0.4, 0.5) is 0 Å². The third-order valence-electron chi connectivity index (χ3n) is 8.89. The predicted octanol–water partition coefficient (Wildman–Crippen LogP) is 11.3. The smallest absolute Gasteiger partial charge is 0.136 e. The van der Waals surface area contributed by atoms with Crippen LogP contribution < -0.4 is 0 Å². The number of hydrogen-bond donors (Lipinski definition) is 0. The monoisotopic (exact) mass is 531 g/mol. The lowest BCUT2D eigenvalue weighted by atomic mass is 9.63. The highest BCUT2D eigenvalue weighted by Gasteiger charge is 2.43. The fourth-order valence-corrected chi connectivity index (χ4v) is 6.52. The molecule has 0 amide bonds. The highest BCUT2D eigenvalue weighted by Crippen LogP contribution is 2.52. The van der Waals surface area contributed by atoms with Crippen LogP contribution in [0.25, 0.3) is 0 Å². The van der Waals surface area contributed by atoms with Crippen molar-refractivity contribution in [1.29, 1.82) is 0 Å². The second-order valence-corrected chi connectivity index (χ2v) is 13.5. The maximum Gasteiger partial charge on any atom is 0.136 e. The summed E-state index contributed by atoms with van der Waals surface area (Å²) in [7, 11) is 0. The standard InChI is InChI=1S/C16H26O.C14H24O.2C3H8/c1-3-4-7-15(17)14-12-16(9-5-6-10-16)11-8-13(14)2;1-5-6-7-13(15)12-10-14(3,4)9-8-11(12)2;2*1-3-2/h3,13-14H,1,4-12H2,2H3;5,11-12H,1,6-10H2,2-4H3;2*3H2,1-2H3. The molecule has 3 saturated carbocycles. The summed E-state index contributed by atoms with van der Waals surface area (Å²) in [6.45, 7) is 25.0. The van der Waals surface area contributed by atoms with Gasteiger partial charge < -0.3 is 0 Å². The van der Waals surface area contributed by atoms with Gasteiger partial charge in [-0.15, -0.1) is 13.2 Å². The van der Waals surface area contributed by atoms with Crippen molar-refractivity contribution >= 4 is 11.6 Å². The molecule has 0 aliphatic heterocycles. The highest BCUT2D eigenvalue weighted by molar-refractivity contribution is 5.82. The molecule has 0 aromatic rings. The summed E-state index contributed by atoms with van der Waals surface area (Å²) >= 11 is 0. The van der Waals surface area contributed by atoms with Crippen LogP contribution in [0, 0.1) is 34.5 Å². The quantitative estimate of drug-likeness (QED) is 0.292. The van der Waals surface area contributed by atoms with E-state index in [2.05, 4.69) is 68.5 Å². The average molecular weight is 531 g/mol. The molecular formula is C36H66O2. The Kier molecular flexibility index (Phi) is 19.2. The second kappa shape index (κ2) is 19.8. The number of carbonyl (C=O) groups is 2. The van der Waals surface area contributed by atoms with Crippen molar-refractivity contribution in [3.05, 3.63) is 25.3 Å². The molecule has 0 bridgehead atoms. The lowest BCUT2D eigenvalue weighted by Crippen LogP contribution is -2.35. The van der Waals surface area contributed by atoms with Gasteiger partial charge in [0.15, 0.2) is 0 Å². The lowest BCUT2D eigenvalue weighted by Gasteiger charge is -2.41. The van der Waals surface area contributed by atoms with E-state index in [4.69, 9.17) is 0 Å². The summed E-state index contributed by atoms with van der Waals surface area (Å²) in [5, 5.41) is 0. The number of Topliss-reactive ketones (excluding diaryl/α,β-unsaturated/α-hetero) is 2. The fraction of sp³-hybridized carbons (Fsp3) is 0.833. The zero-order chi connectivity index (χ0) is 29.2. The SMILES string of the molecule is C=CCCC(=O)C1CC(C)(C)CCC1C.C=CCCC(=O)C1CC2(CCCC2)CCC1C.CCC.CCC. The number of allylic oxidation sites excluding steroid dienone is 2. The minimum absolute atomic E-state index is 0.300. The van der Waals surface area contributed by atoms with Crippen molar-refractivity contribution in [3.63, 3.8) is 0 Å². The molecule has 2 heteroatoms. The first-order valence-electron chi connectivity index (χ1n) is 16.2. The molecule has 3 rings (SSSR count). The lowest BCUT2D eigenvalue weighted by molar-refractivity contribution is -0.127. The van der Waals surface area contributed by atoms with E-state index < -0.39 is 0 Å². The van der Waals surface area contributed by atoms with Crippen LogP contribution in [-0.2, 0) is 9.59 Å². The molecule has 0 saturated heterocycles. The summed E-state index contributed by atoms with van der Waals surface area (Å²) in [6.07, 6.45) is 22.2. The first-order chi connectivity index (χ1) is 18.0. The Morgan fingerprint density at radius 1 is 0.711 bits per heavy atom. The number of carbonyl (C=O) groups excluding carboxylic acids is 2. The van der Waals surface area contributed by atoms with E-state index in [1.807, 2.05) is 12.2 Å². The summed E-state index contributed by atoms with van der Waals surface area (Å²) in [4.78, 5) is 24.3. The van der Waals surface area contributed by atoms with Crippen molar-refractivity contribution in [2.75, 3.05) is 0 Å². The second-order valence-electron chi connectivity index (χ2n) is 13.5. The Balaban J connectivity index is 0.000000601. The molecule has 0 aromatic carbocycles. The molecule has 1 spiro atoms. The Bertz CT molecular complexity index is 665. The van der Waals surface area contributed by atoms with Crippen molar-refractivity contribution in [2.45, 2.75) is 158 Å². The maximum absolute atomic E-state index is 12.3. The number of rotatable bonds is 8. The third kappa shape index (κ3) is 13.7. The zero-order valence-corrected chi connectivity index (χ0v) is 27.0. The molecule has 3 aliphatic carbocycles. The van der Waals surface area contributed by atoms with Gasteiger partial charge in [0, 0.05) is 24.7 Å². The van der Waals surface area contributed by atoms with Crippen LogP contribution in [0.1, 0.15) is 158 Å². The van der Waals surface area contributed by atoms with Crippen molar-refractivity contribution < 1.29 is 9.59 Å². The fourth-order valence-electron chi connectivity index (χ4n) is 6.52. The van der Waals surface area contributed by atoms with E-state index in [-0.39, 0.29) is 0 Å². The van der Waals surface area contributed by atoms with Gasteiger partial charge in [0.25, 0.3) is 0 Å². The molecule has 0 radical (unpaired) electrons. The largest absolute Gasteiger partial charge is 0.299 e. The van der Waals surface area contributed by atoms with Gasteiger partial charge in [-0.2, -0.15) is 0 Å². The molecule has 222 valence electrons. The Morgan fingerprint density at radius 2 is 1.11 bits per heavy atom. The predicted molar refractivity (Wildman–Crippen MR) is 168 cm³/mol. The molecule has 0 N–H and O–H groups in total. The molecule has 4 unspecified atom stereocenters. The van der Waals surface area contributed by atoms with Crippen LogP contribution >= 0.6 is 0 Å². The van der Waals surface area contributed by atoms with Crippen LogP contribution in [0.3, 0.4) is 0 Å². The first kappa shape index (κ1) is 36.8. The van der Waals surface area contributed by atoms with Gasteiger partial charge in [0.1, 0.15) is 11.6 Å². The van der Waals surface area contributed by atoms with Crippen molar-refractivity contribution in [2.24, 2.45) is 34.5 Å². The van der Waals surface area contributed by atoms with Crippen LogP contribution in [0.5, 0.6) is 0 Å². The van der Waals surface area contributed by atoms with Gasteiger partial charge in [-0.25, -0.2) is 0 Å². The van der Waals surface area contributed by atoms with Gasteiger partial charge in [0.2, 0.25) is 0 Å². The van der Waals surface area contributed by atoms with Crippen LogP contribution in [0.15, 0.2) is 25.3 Å². The van der Waals surface area contributed by atoms with Crippen LogP contribution in [0.2, 0.25) is 0 Å². The molecule has 3 aliphatic rings. The van der Waals surface area contributed by atoms with E-state index in [1.54, 1.807) is 0 Å². The van der Waals surface area contributed by atoms with E-state index in [9.17, 15) is 9.59 Å². The summed E-state index contributed by atoms with van der Waals surface area (Å²) < 4.78 is 0. The molecule has 3 fully saturated rings. The molecule has 0 aromatic heterocycles. The third-order valence-corrected chi connectivity index (χ3v) is 8.89. The van der Waals surface area contributed by atoms with Crippen molar-refractivity contribution in [1.82, 2.24) is 0 Å². The first-order valence-corrected chi connectivity index (χ1v) is 16.2. The topological polar surface area (TPSA) is 34.1 Å². The number of ketones is 2. The molecular weight excluding hydrogens is 464 g/mol. The molecule has 2 nitrogen and oxygen atoms in total. The Hall–Kier alpha value is -1.18. The zero-order valence-electron chi connectivity index (χ0n) is 27.0. The van der Waals surface area contributed by atoms with E-state index in [0.29, 0.717) is 58.9 Å². The molecule has 4 atom stereocenters. The van der Waals surface area contributed by atoms with Gasteiger partial charge in [-0.3, -0.25) is 9.59 Å².